The fourth-order valence-electron chi connectivity index (χ4n) is 6.31. The molecule has 7 rings (SSSR count). The number of hydrogen-bond acceptors (Lipinski definition) is 7. The summed E-state index contributed by atoms with van der Waals surface area (Å²) < 4.78 is 11.8. The molecule has 0 aliphatic heterocycles. The van der Waals surface area contributed by atoms with Crippen LogP contribution in [0.15, 0.2) is 225 Å². The van der Waals surface area contributed by atoms with Gasteiger partial charge in [-0.1, -0.05) is 136 Å². The van der Waals surface area contributed by atoms with Gasteiger partial charge in [0.2, 0.25) is 0 Å². The first kappa shape index (κ1) is 48.2. The van der Waals surface area contributed by atoms with Crippen LogP contribution in [0, 0.1) is 0 Å². The molecule has 7 heteroatoms. The third-order valence-electron chi connectivity index (χ3n) is 9.61. The standard InChI is InChI=1S/C38H30O4.C19H15NO2.C2H6/c1-2-6-33(36-10-4-11-38(26-36)42-37-22-17-32(28-41)18-23-37)19-14-29-15-20-34(21-16-29)35-9-3-7-30(25-35)12-13-31(27-40)8-5-24-39;20-17-8-6-15(7-9-17)16-2-1-3-19(12-16)22-18-10-4-14(13-21)5-11-18;1-2/h2-28,39H,1H2;1-13H,20H2;1-2H3/b13-12-,19-14-,24-5+,31-8+,33-6+;;. The molecule has 0 spiro atoms. The molecule has 3 N–H and O–H groups in total. The van der Waals surface area contributed by atoms with Crippen LogP contribution >= 0.6 is 0 Å². The summed E-state index contributed by atoms with van der Waals surface area (Å²) in [5, 5.41) is 8.79. The number of nitrogens with two attached hydrogens (primary N) is 1. The van der Waals surface area contributed by atoms with E-state index in [0.29, 0.717) is 33.9 Å². The van der Waals surface area contributed by atoms with Crippen LogP contribution in [0.3, 0.4) is 0 Å². The van der Waals surface area contributed by atoms with E-state index in [1.54, 1.807) is 60.7 Å². The second kappa shape index (κ2) is 26.0. The van der Waals surface area contributed by atoms with Crippen molar-refractivity contribution in [1.29, 1.82) is 0 Å². The number of anilines is 1. The van der Waals surface area contributed by atoms with Crippen molar-refractivity contribution < 1.29 is 29.0 Å². The number of ether oxygens (including phenoxy) is 2. The predicted octanol–water partition coefficient (Wildman–Crippen LogP) is 15.0. The van der Waals surface area contributed by atoms with Crippen LogP contribution in [-0.4, -0.2) is 24.0 Å². The van der Waals surface area contributed by atoms with Crippen LogP contribution in [0.2, 0.25) is 0 Å². The highest BCUT2D eigenvalue weighted by Crippen LogP contribution is 2.30. The third-order valence-corrected chi connectivity index (χ3v) is 9.61. The number of rotatable bonds is 16. The summed E-state index contributed by atoms with van der Waals surface area (Å²) in [6, 6.07) is 53.7. The van der Waals surface area contributed by atoms with E-state index in [0.717, 1.165) is 81.1 Å². The number of carbonyl (C=O) groups is 3. The lowest BCUT2D eigenvalue weighted by Crippen LogP contribution is -1.88. The van der Waals surface area contributed by atoms with Crippen LogP contribution in [-0.2, 0) is 4.79 Å². The number of allylic oxidation sites excluding steroid dienone is 8. The molecule has 0 fully saturated rings. The molecule has 0 saturated carbocycles. The molecule has 0 saturated heterocycles. The molecule has 0 aromatic heterocycles. The smallest absolute Gasteiger partial charge is 0.150 e. The first-order valence-electron chi connectivity index (χ1n) is 21.2. The van der Waals surface area contributed by atoms with E-state index in [-0.39, 0.29) is 0 Å². The molecule has 66 heavy (non-hydrogen) atoms. The zero-order chi connectivity index (χ0) is 46.9. The molecule has 0 radical (unpaired) electrons. The van der Waals surface area contributed by atoms with Gasteiger partial charge >= 0.3 is 0 Å². The van der Waals surface area contributed by atoms with E-state index >= 15 is 0 Å². The topological polar surface area (TPSA) is 116 Å². The Morgan fingerprint density at radius 2 is 1.03 bits per heavy atom. The van der Waals surface area contributed by atoms with Crippen LogP contribution in [0.5, 0.6) is 23.0 Å². The van der Waals surface area contributed by atoms with Gasteiger partial charge in [-0.2, -0.15) is 0 Å². The molecule has 7 aromatic rings. The molecule has 7 nitrogen and oxygen atoms in total. The second-order valence-corrected chi connectivity index (χ2v) is 14.2. The van der Waals surface area contributed by atoms with E-state index in [1.165, 1.54) is 12.2 Å². The minimum Gasteiger partial charge on any atom is -0.516 e. The first-order chi connectivity index (χ1) is 32.4. The third kappa shape index (κ3) is 14.9. The molecular formula is C59H51NO6. The quantitative estimate of drug-likeness (QED) is 0.0327. The molecule has 0 aliphatic rings. The lowest BCUT2D eigenvalue weighted by atomic mass is 10.00. The Morgan fingerprint density at radius 1 is 0.515 bits per heavy atom. The monoisotopic (exact) mass is 869 g/mol. The van der Waals surface area contributed by atoms with Gasteiger partial charge in [-0.05, 0) is 148 Å². The van der Waals surface area contributed by atoms with Gasteiger partial charge < -0.3 is 20.3 Å². The van der Waals surface area contributed by atoms with Gasteiger partial charge in [0.25, 0.3) is 0 Å². The van der Waals surface area contributed by atoms with Crippen LogP contribution in [0.1, 0.15) is 51.3 Å². The summed E-state index contributed by atoms with van der Waals surface area (Å²) in [5.41, 5.74) is 16.4. The minimum absolute atomic E-state index is 0.455. The molecule has 0 aliphatic carbocycles. The van der Waals surface area contributed by atoms with E-state index in [9.17, 15) is 14.4 Å². The van der Waals surface area contributed by atoms with E-state index in [2.05, 4.69) is 43.0 Å². The summed E-state index contributed by atoms with van der Waals surface area (Å²) in [7, 11) is 0. The molecule has 328 valence electrons. The summed E-state index contributed by atoms with van der Waals surface area (Å²) in [4.78, 5) is 32.8. The Labute approximate surface area is 387 Å². The normalized spacial score (nSPS) is 11.2. The summed E-state index contributed by atoms with van der Waals surface area (Å²) in [5.74, 6) is 2.78. The largest absolute Gasteiger partial charge is 0.516 e. The Hall–Kier alpha value is -8.81. The number of nitrogen functional groups attached to an aromatic ring is 1. The molecule has 7 aromatic carbocycles. The van der Waals surface area contributed by atoms with Crippen molar-refractivity contribution in [2.45, 2.75) is 13.8 Å². The molecule has 0 heterocycles. The number of carbonyl (C=O) groups excluding carboxylic acids is 3. The molecular weight excluding hydrogens is 819 g/mol. The van der Waals surface area contributed by atoms with Gasteiger partial charge in [0.05, 0.1) is 6.26 Å². The van der Waals surface area contributed by atoms with Crippen molar-refractivity contribution in [2.75, 3.05) is 5.73 Å². The minimum atomic E-state index is 0.455. The lowest BCUT2D eigenvalue weighted by Gasteiger charge is -2.09. The fourth-order valence-corrected chi connectivity index (χ4v) is 6.31. The fraction of sp³-hybridized carbons (Fsp3) is 0.0339. The van der Waals surface area contributed by atoms with E-state index < -0.39 is 0 Å². The Kier molecular flexibility index (Phi) is 19.0. The molecule has 0 amide bonds. The van der Waals surface area contributed by atoms with Crippen molar-refractivity contribution in [3.05, 3.63) is 253 Å². The maximum absolute atomic E-state index is 11.2. The second-order valence-electron chi connectivity index (χ2n) is 14.2. The highest BCUT2D eigenvalue weighted by atomic mass is 16.5. The number of aliphatic hydroxyl groups excluding tert-OH is 1. The first-order valence-corrected chi connectivity index (χ1v) is 21.2. The molecule has 0 bridgehead atoms. The van der Waals surface area contributed by atoms with Crippen molar-refractivity contribution in [1.82, 2.24) is 0 Å². The van der Waals surface area contributed by atoms with E-state index in [4.69, 9.17) is 20.3 Å². The number of benzene rings is 7. The number of hydrogen-bond donors (Lipinski definition) is 2. The number of aldehydes is 3. The Morgan fingerprint density at radius 3 is 1.59 bits per heavy atom. The Balaban J connectivity index is 0.000000284. The highest BCUT2D eigenvalue weighted by molar-refractivity contribution is 5.82. The van der Waals surface area contributed by atoms with Crippen molar-refractivity contribution in [3.63, 3.8) is 0 Å². The highest BCUT2D eigenvalue weighted by Gasteiger charge is 2.05. The van der Waals surface area contributed by atoms with Crippen molar-refractivity contribution in [3.8, 4) is 45.3 Å². The SMILES string of the molecule is C=C/C=C(\C=C/c1ccc(-c2cccc(\C=C/C(C=O)=C\C=C\O)c2)cc1)c1cccc(Oc2ccc(C=O)cc2)c1.CC.Nc1ccc(-c2cccc(Oc3ccc(C=O)cc3)c2)cc1. The zero-order valence-corrected chi connectivity index (χ0v) is 36.9. The molecule has 0 atom stereocenters. The van der Waals surface area contributed by atoms with E-state index in [1.807, 2.05) is 123 Å². The van der Waals surface area contributed by atoms with Gasteiger partial charge in [0.1, 0.15) is 41.9 Å². The zero-order valence-electron chi connectivity index (χ0n) is 36.9. The summed E-state index contributed by atoms with van der Waals surface area (Å²) >= 11 is 0. The number of aliphatic hydroxyl groups is 1. The van der Waals surface area contributed by atoms with Crippen LogP contribution in [0.25, 0.3) is 40.0 Å². The van der Waals surface area contributed by atoms with Gasteiger partial charge in [-0.3, -0.25) is 14.4 Å². The summed E-state index contributed by atoms with van der Waals surface area (Å²) in [6.45, 7) is 7.87. The van der Waals surface area contributed by atoms with Gasteiger partial charge in [-0.15, -0.1) is 0 Å². The molecule has 0 unspecified atom stereocenters. The van der Waals surface area contributed by atoms with Crippen LogP contribution in [0.4, 0.5) is 5.69 Å². The summed E-state index contributed by atoms with van der Waals surface area (Å²) in [6.07, 6.45) is 17.6. The van der Waals surface area contributed by atoms with Gasteiger partial charge in [0.15, 0.2) is 0 Å². The predicted molar refractivity (Wildman–Crippen MR) is 272 cm³/mol. The lowest BCUT2D eigenvalue weighted by molar-refractivity contribution is -0.104. The maximum Gasteiger partial charge on any atom is 0.150 e. The van der Waals surface area contributed by atoms with Gasteiger partial charge in [-0.25, -0.2) is 0 Å². The average molecular weight is 870 g/mol. The Bertz CT molecular complexity index is 2830. The average Bonchev–Trinajstić information content (AvgIpc) is 3.37. The maximum atomic E-state index is 11.2. The van der Waals surface area contributed by atoms with Crippen molar-refractivity contribution in [2.24, 2.45) is 0 Å². The van der Waals surface area contributed by atoms with Gasteiger partial charge in [0, 0.05) is 22.4 Å². The van der Waals surface area contributed by atoms with Crippen LogP contribution < -0.4 is 15.2 Å². The van der Waals surface area contributed by atoms with Crippen molar-refractivity contribution >= 4 is 42.3 Å².